The molecule has 8 aromatic carbocycles. The Morgan fingerprint density at radius 3 is 1.38 bits per heavy atom. The lowest BCUT2D eigenvalue weighted by atomic mass is 9.70. The lowest BCUT2D eigenvalue weighted by Crippen LogP contribution is -2.23. The predicted molar refractivity (Wildman–Crippen MR) is 295 cm³/mol. The number of benzene rings is 8. The van der Waals surface area contributed by atoms with Crippen LogP contribution in [-0.2, 0) is 0 Å². The smallest absolute Gasteiger partial charge is 0.346 e. The highest BCUT2D eigenvalue weighted by Crippen LogP contribution is 2.85. The Morgan fingerprint density at radius 2 is 0.959 bits per heavy atom. The summed E-state index contributed by atoms with van der Waals surface area (Å²) in [6.07, 6.45) is 11.9. The zero-order valence-electron chi connectivity index (χ0n) is 41.1. The molecule has 4 atom stereocenters. The summed E-state index contributed by atoms with van der Waals surface area (Å²) in [5.74, 6) is 5.24. The zero-order valence-corrected chi connectivity index (χ0v) is 44.2. The summed E-state index contributed by atoms with van der Waals surface area (Å²) in [5.41, 5.74) is 8.11. The van der Waals surface area contributed by atoms with E-state index in [0.717, 1.165) is 74.5 Å². The minimum Gasteiger partial charge on any atom is -0.422 e. The number of fused-ring (bicyclic) bond motifs is 6. The van der Waals surface area contributed by atoms with Gasteiger partial charge >= 0.3 is 11.9 Å². The third kappa shape index (κ3) is 8.07. The first kappa shape index (κ1) is 46.6. The Labute approximate surface area is 447 Å². The molecule has 0 aliphatic heterocycles. The van der Waals surface area contributed by atoms with Crippen LogP contribution in [0.4, 0.5) is 8.78 Å². The Morgan fingerprint density at radius 1 is 0.514 bits per heavy atom. The highest BCUT2D eigenvalue weighted by atomic mass is 79.9. The van der Waals surface area contributed by atoms with Crippen molar-refractivity contribution in [2.24, 2.45) is 46.8 Å². The fraction of sp³-hybridized carbons (Fsp3) is 0.303. The summed E-state index contributed by atoms with van der Waals surface area (Å²) in [5, 5.41) is 3.10. The van der Waals surface area contributed by atoms with Gasteiger partial charge in [0, 0.05) is 20.1 Å². The predicted octanol–water partition coefficient (Wildman–Crippen LogP) is 18.3. The third-order valence-corrected chi connectivity index (χ3v) is 19.9. The molecule has 0 saturated heterocycles. The van der Waals surface area contributed by atoms with E-state index < -0.39 is 23.6 Å². The molecule has 0 bridgehead atoms. The maximum absolute atomic E-state index is 15.4. The number of esters is 2. The van der Waals surface area contributed by atoms with Gasteiger partial charge in [-0.1, -0.05) is 124 Å². The molecule has 0 amide bonds. The van der Waals surface area contributed by atoms with Crippen molar-refractivity contribution < 1.29 is 27.8 Å². The van der Waals surface area contributed by atoms with E-state index >= 15 is 8.78 Å². The van der Waals surface area contributed by atoms with Gasteiger partial charge in [-0.3, -0.25) is 0 Å². The van der Waals surface area contributed by atoms with E-state index in [0.29, 0.717) is 48.1 Å². The van der Waals surface area contributed by atoms with Gasteiger partial charge in [-0.05, 0) is 232 Å². The van der Waals surface area contributed by atoms with Crippen LogP contribution in [0.15, 0.2) is 155 Å². The van der Waals surface area contributed by atoms with Gasteiger partial charge in [0.25, 0.3) is 0 Å². The van der Waals surface area contributed by atoms with Crippen LogP contribution >= 0.6 is 31.9 Å². The van der Waals surface area contributed by atoms with E-state index in [1.165, 1.54) is 93.2 Å². The molecule has 0 aromatic heterocycles. The summed E-state index contributed by atoms with van der Waals surface area (Å²) >= 11 is 6.60. The molecule has 0 radical (unpaired) electrons. The number of carbonyl (C=O) groups excluding carboxylic acids is 2. The van der Waals surface area contributed by atoms with Crippen molar-refractivity contribution in [3.63, 3.8) is 0 Å². The van der Waals surface area contributed by atoms with Crippen LogP contribution in [0.2, 0.25) is 0 Å². The highest BCUT2D eigenvalue weighted by Gasteiger charge is 2.80. The Hall–Kier alpha value is -5.96. The molecular formula is C66H54Br2F2O4. The first-order valence-corrected chi connectivity index (χ1v) is 28.3. The standard InChI is InChI=1S/C66H54Br2F2O4/c1-35-62-63(35)66(62)28-26-41(27-29-66)38-4-8-40(9-5-38)44-15-21-50-46(31-44)17-25-58(74-65(72)52-23-19-48(68)33-56(52)70)61(50)60-49-20-14-43(30-45(49)16-24-57(60)73-64(71)51-22-18-47(67)32-55(51)69)39-6-2-36(3-7-39)37-10-12-42(13-11-37)59-53-34-54(53)59/h2-9,14-25,30-33,35,37,41-42,53-54,59,62-63H,10-13,26-29,34H2,1H3. The molecule has 8 heteroatoms. The quantitative estimate of drug-likeness (QED) is 0.101. The van der Waals surface area contributed by atoms with E-state index in [1.54, 1.807) is 24.3 Å². The van der Waals surface area contributed by atoms with Gasteiger partial charge < -0.3 is 9.47 Å². The van der Waals surface area contributed by atoms with Crippen LogP contribution in [0.1, 0.15) is 108 Å². The minimum absolute atomic E-state index is 0.136. The number of halogens is 4. The van der Waals surface area contributed by atoms with Gasteiger partial charge in [0.2, 0.25) is 0 Å². The van der Waals surface area contributed by atoms with Gasteiger partial charge in [0.1, 0.15) is 23.1 Å². The van der Waals surface area contributed by atoms with Crippen molar-refractivity contribution in [3.05, 3.63) is 188 Å². The molecule has 6 aliphatic rings. The van der Waals surface area contributed by atoms with Crippen LogP contribution in [0.25, 0.3) is 54.9 Å². The fourth-order valence-electron chi connectivity index (χ4n) is 14.6. The number of ether oxygens (including phenoxy) is 2. The number of hydrogen-bond donors (Lipinski definition) is 0. The van der Waals surface area contributed by atoms with E-state index in [-0.39, 0.29) is 22.6 Å². The molecule has 4 unspecified atom stereocenters. The number of carbonyl (C=O) groups is 2. The zero-order chi connectivity index (χ0) is 50.1. The summed E-state index contributed by atoms with van der Waals surface area (Å²) in [6.45, 7) is 2.42. The van der Waals surface area contributed by atoms with Crippen molar-refractivity contribution in [3.8, 4) is 44.9 Å². The Bertz CT molecular complexity index is 3590. The Kier molecular flexibility index (Phi) is 11.2. The molecule has 6 aliphatic carbocycles. The second-order valence-electron chi connectivity index (χ2n) is 22.7. The average molecular weight is 1110 g/mol. The van der Waals surface area contributed by atoms with E-state index in [2.05, 4.69) is 112 Å². The molecule has 8 aromatic rings. The van der Waals surface area contributed by atoms with Gasteiger partial charge in [-0.15, -0.1) is 0 Å². The summed E-state index contributed by atoms with van der Waals surface area (Å²) in [4.78, 5) is 28.1. The molecular weight excluding hydrogens is 1050 g/mol. The first-order valence-electron chi connectivity index (χ1n) is 26.7. The average Bonchev–Trinajstić information content (AvgIpc) is 4.34. The van der Waals surface area contributed by atoms with E-state index in [4.69, 9.17) is 9.47 Å². The molecule has 0 heterocycles. The fourth-order valence-corrected chi connectivity index (χ4v) is 15.3. The van der Waals surface area contributed by atoms with Crippen LogP contribution in [0, 0.1) is 58.5 Å². The molecule has 6 fully saturated rings. The van der Waals surface area contributed by atoms with Crippen molar-refractivity contribution in [2.45, 2.75) is 76.5 Å². The summed E-state index contributed by atoms with van der Waals surface area (Å²) in [7, 11) is 0. The summed E-state index contributed by atoms with van der Waals surface area (Å²) in [6, 6.07) is 46.1. The van der Waals surface area contributed by atoms with Crippen LogP contribution in [0.5, 0.6) is 11.5 Å². The SMILES string of the molecule is CC1C2C1C21CCC(c2ccc(-c3ccc4c(-c5c(OC(=O)c6ccc(Br)cc6F)ccc6cc(-c7ccc(C8CCC(C9C%10CC%109)CC8)cc7)ccc56)c(OC(=O)c5ccc(Br)cc5F)ccc4c3)cc2)CC1. The third-order valence-electron chi connectivity index (χ3n) is 18.9. The van der Waals surface area contributed by atoms with Crippen LogP contribution in [-0.4, -0.2) is 11.9 Å². The molecule has 370 valence electrons. The topological polar surface area (TPSA) is 52.6 Å². The van der Waals surface area contributed by atoms with Crippen molar-refractivity contribution >= 4 is 65.3 Å². The minimum atomic E-state index is -0.891. The molecule has 14 rings (SSSR count). The van der Waals surface area contributed by atoms with Gasteiger partial charge in [-0.2, -0.15) is 0 Å². The maximum atomic E-state index is 15.4. The van der Waals surface area contributed by atoms with E-state index in [9.17, 15) is 9.59 Å². The number of rotatable bonds is 10. The van der Waals surface area contributed by atoms with Gasteiger partial charge in [0.15, 0.2) is 0 Å². The van der Waals surface area contributed by atoms with Gasteiger partial charge in [0.05, 0.1) is 11.1 Å². The normalized spacial score (nSPS) is 27.1. The van der Waals surface area contributed by atoms with Crippen LogP contribution < -0.4 is 9.47 Å². The maximum Gasteiger partial charge on any atom is 0.346 e. The second kappa shape index (κ2) is 17.8. The van der Waals surface area contributed by atoms with E-state index in [1.807, 2.05) is 24.3 Å². The molecule has 74 heavy (non-hydrogen) atoms. The largest absolute Gasteiger partial charge is 0.422 e. The molecule has 6 saturated carbocycles. The number of hydrogen-bond acceptors (Lipinski definition) is 4. The molecule has 0 N–H and O–H groups in total. The van der Waals surface area contributed by atoms with Crippen molar-refractivity contribution in [2.75, 3.05) is 0 Å². The molecule has 1 spiro atoms. The van der Waals surface area contributed by atoms with Crippen LogP contribution in [0.3, 0.4) is 0 Å². The van der Waals surface area contributed by atoms with Crippen molar-refractivity contribution in [1.29, 1.82) is 0 Å². The molecule has 4 nitrogen and oxygen atoms in total. The van der Waals surface area contributed by atoms with Gasteiger partial charge in [-0.25, -0.2) is 18.4 Å². The Balaban J connectivity index is 0.845. The first-order chi connectivity index (χ1) is 36.0. The highest BCUT2D eigenvalue weighted by molar-refractivity contribution is 9.10. The lowest BCUT2D eigenvalue weighted by Gasteiger charge is -2.34. The summed E-state index contributed by atoms with van der Waals surface area (Å²) < 4.78 is 44.3. The lowest BCUT2D eigenvalue weighted by molar-refractivity contribution is 0.0718. The second-order valence-corrected chi connectivity index (χ2v) is 24.5. The monoisotopic (exact) mass is 1110 g/mol. The van der Waals surface area contributed by atoms with Crippen molar-refractivity contribution in [1.82, 2.24) is 0 Å².